The summed E-state index contributed by atoms with van der Waals surface area (Å²) >= 11 is 0. The predicted molar refractivity (Wildman–Crippen MR) is 131 cm³/mol. The minimum atomic E-state index is 0.112. The number of hydrogen-bond donors (Lipinski definition) is 0. The molecule has 3 saturated heterocycles. The molecule has 0 bridgehead atoms. The van der Waals surface area contributed by atoms with E-state index in [0.717, 1.165) is 62.8 Å². The number of anilines is 1. The average Bonchev–Trinajstić information content (AvgIpc) is 2.83. The molecular weight excluding hydrogens is 414 g/mol. The summed E-state index contributed by atoms with van der Waals surface area (Å²) in [5.41, 5.74) is 2.01. The Hall–Kier alpha value is -1.73. The Morgan fingerprint density at radius 3 is 2.48 bits per heavy atom. The number of aromatic nitrogens is 2. The number of amides is 1. The Labute approximate surface area is 199 Å². The summed E-state index contributed by atoms with van der Waals surface area (Å²) in [6, 6.07) is 2.69. The number of aryl methyl sites for hydroxylation is 2. The van der Waals surface area contributed by atoms with Crippen molar-refractivity contribution in [3.8, 4) is 0 Å². The van der Waals surface area contributed by atoms with Gasteiger partial charge in [-0.2, -0.15) is 0 Å². The third kappa shape index (κ3) is 6.24. The van der Waals surface area contributed by atoms with Gasteiger partial charge in [0.1, 0.15) is 0 Å². The number of hydrogen-bond acceptors (Lipinski definition) is 6. The van der Waals surface area contributed by atoms with Crippen molar-refractivity contribution in [1.82, 2.24) is 19.8 Å². The van der Waals surface area contributed by atoms with Crippen molar-refractivity contribution in [2.75, 3.05) is 57.9 Å². The average molecular weight is 458 g/mol. The first-order valence-corrected chi connectivity index (χ1v) is 13.1. The molecule has 1 aromatic heterocycles. The zero-order valence-electron chi connectivity index (χ0n) is 21.0. The highest BCUT2D eigenvalue weighted by Gasteiger charge is 2.36. The second kappa shape index (κ2) is 11.6. The van der Waals surface area contributed by atoms with Crippen LogP contribution in [0.1, 0.15) is 62.8 Å². The first-order chi connectivity index (χ1) is 16.0. The van der Waals surface area contributed by atoms with Crippen LogP contribution in [0, 0.1) is 25.7 Å². The van der Waals surface area contributed by atoms with E-state index in [4.69, 9.17) is 4.74 Å². The molecule has 0 saturated carbocycles. The smallest absolute Gasteiger partial charge is 0.225 e. The topological polar surface area (TPSA) is 61.8 Å². The summed E-state index contributed by atoms with van der Waals surface area (Å²) in [6.45, 7) is 10.7. The summed E-state index contributed by atoms with van der Waals surface area (Å²) < 4.78 is 5.31. The number of rotatable bonds is 8. The fourth-order valence-corrected chi connectivity index (χ4v) is 6.20. The van der Waals surface area contributed by atoms with Crippen LogP contribution in [0.25, 0.3) is 0 Å². The van der Waals surface area contributed by atoms with Crippen LogP contribution in [0.4, 0.5) is 5.95 Å². The molecule has 0 radical (unpaired) electrons. The van der Waals surface area contributed by atoms with E-state index >= 15 is 0 Å². The predicted octanol–water partition coefficient (Wildman–Crippen LogP) is 3.44. The molecule has 33 heavy (non-hydrogen) atoms. The molecule has 184 valence electrons. The molecule has 2 atom stereocenters. The molecule has 1 amide bonds. The number of carbonyl (C=O) groups excluding carboxylic acids is 1. The maximum Gasteiger partial charge on any atom is 0.225 e. The van der Waals surface area contributed by atoms with Crippen molar-refractivity contribution < 1.29 is 9.53 Å². The van der Waals surface area contributed by atoms with Gasteiger partial charge in [-0.05, 0) is 83.9 Å². The second-order valence-electron chi connectivity index (χ2n) is 10.3. The first-order valence-electron chi connectivity index (χ1n) is 13.1. The van der Waals surface area contributed by atoms with Crippen LogP contribution in [0.2, 0.25) is 0 Å². The number of carbonyl (C=O) groups is 1. The van der Waals surface area contributed by atoms with E-state index in [1.807, 2.05) is 19.9 Å². The molecule has 3 aliphatic heterocycles. The molecule has 0 spiro atoms. The monoisotopic (exact) mass is 457 g/mol. The zero-order valence-corrected chi connectivity index (χ0v) is 21.0. The Bertz CT molecular complexity index is 758. The molecule has 3 fully saturated rings. The van der Waals surface area contributed by atoms with E-state index in [1.165, 1.54) is 45.2 Å². The highest BCUT2D eigenvalue weighted by molar-refractivity contribution is 5.79. The maximum absolute atomic E-state index is 13.7. The maximum atomic E-state index is 13.7. The number of piperidine rings is 3. The lowest BCUT2D eigenvalue weighted by Crippen LogP contribution is -2.53. The van der Waals surface area contributed by atoms with Gasteiger partial charge in [0.25, 0.3) is 0 Å². The van der Waals surface area contributed by atoms with Crippen LogP contribution in [-0.4, -0.2) is 84.7 Å². The quantitative estimate of drug-likeness (QED) is 0.558. The SMILES string of the molecule is COCCCN(C[C@H]1CCCN2CCCC[C@@H]12)C(=O)C1CCN(c2nc(C)cc(C)n2)CC1. The van der Waals surface area contributed by atoms with Crippen LogP contribution < -0.4 is 4.90 Å². The summed E-state index contributed by atoms with van der Waals surface area (Å²) in [4.78, 5) is 30.1. The number of methoxy groups -OCH3 is 1. The van der Waals surface area contributed by atoms with Crippen LogP contribution in [0.15, 0.2) is 6.07 Å². The number of ether oxygens (including phenoxy) is 1. The third-order valence-electron chi connectivity index (χ3n) is 7.87. The van der Waals surface area contributed by atoms with Gasteiger partial charge in [-0.1, -0.05) is 6.42 Å². The lowest BCUT2D eigenvalue weighted by molar-refractivity contribution is -0.137. The van der Waals surface area contributed by atoms with Crippen molar-refractivity contribution in [3.05, 3.63) is 17.5 Å². The summed E-state index contributed by atoms with van der Waals surface area (Å²) in [7, 11) is 1.75. The third-order valence-corrected chi connectivity index (χ3v) is 7.87. The Kier molecular flexibility index (Phi) is 8.58. The molecule has 0 unspecified atom stereocenters. The van der Waals surface area contributed by atoms with E-state index in [9.17, 15) is 4.79 Å². The lowest BCUT2D eigenvalue weighted by Gasteiger charge is -2.46. The molecule has 1 aromatic rings. The van der Waals surface area contributed by atoms with Crippen LogP contribution in [0.5, 0.6) is 0 Å². The fourth-order valence-electron chi connectivity index (χ4n) is 6.20. The normalized spacial score (nSPS) is 24.5. The van der Waals surface area contributed by atoms with Gasteiger partial charge in [0.2, 0.25) is 11.9 Å². The molecule has 3 aliphatic rings. The van der Waals surface area contributed by atoms with Crippen LogP contribution in [0.3, 0.4) is 0 Å². The van der Waals surface area contributed by atoms with Crippen molar-refractivity contribution in [1.29, 1.82) is 0 Å². The van der Waals surface area contributed by atoms with Gasteiger partial charge in [0, 0.05) is 63.2 Å². The Morgan fingerprint density at radius 2 is 1.76 bits per heavy atom. The first kappa shape index (κ1) is 24.4. The van der Waals surface area contributed by atoms with E-state index in [2.05, 4.69) is 24.7 Å². The van der Waals surface area contributed by atoms with Gasteiger partial charge in [0.15, 0.2) is 0 Å². The fraction of sp³-hybridized carbons (Fsp3) is 0.808. The van der Waals surface area contributed by atoms with Gasteiger partial charge >= 0.3 is 0 Å². The molecule has 4 rings (SSSR count). The Balaban J connectivity index is 1.38. The standard InChI is InChI=1S/C26H43N5O2/c1-20-18-21(2)28-26(27-20)30-15-10-22(11-16-30)25(32)31(14-7-17-33-3)19-23-8-6-13-29-12-5-4-9-24(23)29/h18,22-24H,4-17,19H2,1-3H3/t23-,24+/m1/s1. The number of fused-ring (bicyclic) bond motifs is 1. The summed E-state index contributed by atoms with van der Waals surface area (Å²) in [5.74, 6) is 1.91. The van der Waals surface area contributed by atoms with Gasteiger partial charge in [-0.25, -0.2) is 9.97 Å². The molecule has 7 nitrogen and oxygen atoms in total. The molecular formula is C26H43N5O2. The van der Waals surface area contributed by atoms with Crippen molar-refractivity contribution in [3.63, 3.8) is 0 Å². The van der Waals surface area contributed by atoms with Crippen LogP contribution >= 0.6 is 0 Å². The van der Waals surface area contributed by atoms with Gasteiger partial charge in [-0.3, -0.25) is 4.79 Å². The molecule has 0 N–H and O–H groups in total. The van der Waals surface area contributed by atoms with Crippen molar-refractivity contribution in [2.45, 2.75) is 71.3 Å². The summed E-state index contributed by atoms with van der Waals surface area (Å²) in [5, 5.41) is 0. The summed E-state index contributed by atoms with van der Waals surface area (Å²) in [6.07, 6.45) is 9.20. The highest BCUT2D eigenvalue weighted by Crippen LogP contribution is 2.32. The van der Waals surface area contributed by atoms with Crippen LogP contribution in [-0.2, 0) is 9.53 Å². The van der Waals surface area contributed by atoms with Crippen molar-refractivity contribution in [2.24, 2.45) is 11.8 Å². The zero-order chi connectivity index (χ0) is 23.2. The molecule has 0 aromatic carbocycles. The molecule has 4 heterocycles. The van der Waals surface area contributed by atoms with E-state index in [-0.39, 0.29) is 5.92 Å². The van der Waals surface area contributed by atoms with Gasteiger partial charge in [0.05, 0.1) is 0 Å². The Morgan fingerprint density at radius 1 is 1.03 bits per heavy atom. The van der Waals surface area contributed by atoms with E-state index in [0.29, 0.717) is 24.5 Å². The minimum Gasteiger partial charge on any atom is -0.385 e. The minimum absolute atomic E-state index is 0.112. The highest BCUT2D eigenvalue weighted by atomic mass is 16.5. The number of nitrogens with zero attached hydrogens (tertiary/aromatic N) is 5. The van der Waals surface area contributed by atoms with E-state index in [1.54, 1.807) is 7.11 Å². The largest absolute Gasteiger partial charge is 0.385 e. The van der Waals surface area contributed by atoms with Gasteiger partial charge in [-0.15, -0.1) is 0 Å². The lowest BCUT2D eigenvalue weighted by atomic mass is 9.83. The molecule has 0 aliphatic carbocycles. The van der Waals surface area contributed by atoms with Crippen molar-refractivity contribution >= 4 is 11.9 Å². The molecule has 7 heteroatoms. The van der Waals surface area contributed by atoms with Gasteiger partial charge < -0.3 is 19.4 Å². The van der Waals surface area contributed by atoms with E-state index < -0.39 is 0 Å². The second-order valence-corrected chi connectivity index (χ2v) is 10.3.